The molecule has 0 spiro atoms. The van der Waals surface area contributed by atoms with Gasteiger partial charge in [-0.3, -0.25) is 4.90 Å². The van der Waals surface area contributed by atoms with Gasteiger partial charge in [-0.2, -0.15) is 0 Å². The van der Waals surface area contributed by atoms with Crippen molar-refractivity contribution in [2.24, 2.45) is 0 Å². The first kappa shape index (κ1) is 22.7. The molecule has 0 amide bonds. The van der Waals surface area contributed by atoms with Crippen LogP contribution in [0.3, 0.4) is 0 Å². The van der Waals surface area contributed by atoms with Gasteiger partial charge in [0.1, 0.15) is 12.2 Å². The minimum Gasteiger partial charge on any atom is -0.395 e. The molecule has 1 aliphatic rings. The van der Waals surface area contributed by atoms with Gasteiger partial charge in [-0.25, -0.2) is 0 Å². The highest BCUT2D eigenvalue weighted by atomic mass is 16.5. The third-order valence-corrected chi connectivity index (χ3v) is 5.64. The van der Waals surface area contributed by atoms with Gasteiger partial charge in [-0.1, -0.05) is 30.3 Å². The number of benzene rings is 1. The Balaban J connectivity index is 1.34. The lowest BCUT2D eigenvalue weighted by molar-refractivity contribution is -0.145. The number of ether oxygens (including phenoxy) is 1. The van der Waals surface area contributed by atoms with Crippen LogP contribution in [0.4, 0.5) is 0 Å². The second kappa shape index (κ2) is 11.4. The van der Waals surface area contributed by atoms with Crippen molar-refractivity contribution in [2.75, 3.05) is 26.3 Å². The molecule has 3 rings (SSSR count). The Morgan fingerprint density at radius 1 is 1.00 bits per heavy atom. The molecule has 6 heteroatoms. The molecule has 30 heavy (non-hydrogen) atoms. The monoisotopic (exact) mass is 413 g/mol. The van der Waals surface area contributed by atoms with Gasteiger partial charge in [0.15, 0.2) is 0 Å². The summed E-state index contributed by atoms with van der Waals surface area (Å²) >= 11 is 0. The highest BCUT2D eigenvalue weighted by molar-refractivity contribution is 5.63. The maximum atomic E-state index is 10.0. The van der Waals surface area contributed by atoms with E-state index < -0.39 is 24.4 Å². The Kier molecular flexibility index (Phi) is 8.64. The number of hydrogen-bond donors (Lipinski definition) is 4. The molecule has 0 aromatic heterocycles. The maximum Gasteiger partial charge on any atom is 0.109 e. The van der Waals surface area contributed by atoms with Crippen LogP contribution in [0.5, 0.6) is 0 Å². The van der Waals surface area contributed by atoms with Crippen molar-refractivity contribution in [3.63, 3.8) is 0 Å². The number of nitrogens with zero attached hydrogens (tertiary/aromatic N) is 1. The molecule has 1 saturated heterocycles. The Morgan fingerprint density at radius 2 is 1.87 bits per heavy atom. The topological polar surface area (TPSA) is 93.4 Å². The molecule has 0 unspecified atom stereocenters. The lowest BCUT2D eigenvalue weighted by Crippen LogP contribution is -2.62. The molecule has 0 aliphatic carbocycles. The fourth-order valence-corrected chi connectivity index (χ4v) is 3.89. The quantitative estimate of drug-likeness (QED) is 0.440. The minimum atomic E-state index is -1.20. The van der Waals surface area contributed by atoms with Crippen LogP contribution in [-0.2, 0) is 11.3 Å². The summed E-state index contributed by atoms with van der Waals surface area (Å²) in [4.78, 5) is 1.85. The van der Waals surface area contributed by atoms with Crippen LogP contribution in [0.25, 0.3) is 11.1 Å². The van der Waals surface area contributed by atoms with Gasteiger partial charge in [0.25, 0.3) is 0 Å². The number of rotatable bonds is 10. The fraction of sp³-hybridized carbons (Fsp3) is 0.500. The van der Waals surface area contributed by atoms with E-state index in [1.54, 1.807) is 0 Å². The summed E-state index contributed by atoms with van der Waals surface area (Å²) in [6, 6.07) is 19.4. The zero-order valence-corrected chi connectivity index (χ0v) is 17.2. The van der Waals surface area contributed by atoms with Crippen LogP contribution in [0.1, 0.15) is 24.8 Å². The highest BCUT2D eigenvalue weighted by Gasteiger charge is 2.40. The molecule has 1 aliphatic heterocycles. The Bertz CT molecular complexity index is 756. The minimum absolute atomic E-state index is 0.244. The largest absolute Gasteiger partial charge is 0.395 e. The van der Waals surface area contributed by atoms with Crippen molar-refractivity contribution in [3.05, 3.63) is 60.2 Å². The summed E-state index contributed by atoms with van der Waals surface area (Å²) in [5.74, 6) is 0. The van der Waals surface area contributed by atoms with Crippen molar-refractivity contribution in [1.82, 2.24) is 4.90 Å². The SMILES string of the molecule is OC[C@@H]1[C@@H](O)[C@H](O)[C@@H](O)CN1CCCCCOCc1cccc(-c2cc#ccc2)c1. The summed E-state index contributed by atoms with van der Waals surface area (Å²) in [5, 5.41) is 39.1. The van der Waals surface area contributed by atoms with E-state index in [2.05, 4.69) is 30.3 Å². The first-order chi connectivity index (χ1) is 14.6. The van der Waals surface area contributed by atoms with E-state index >= 15 is 0 Å². The molecular formula is C24H31NO5. The zero-order chi connectivity index (χ0) is 21.3. The van der Waals surface area contributed by atoms with Crippen molar-refractivity contribution in [1.29, 1.82) is 0 Å². The van der Waals surface area contributed by atoms with Gasteiger partial charge in [-0.15, -0.1) is 0 Å². The molecule has 4 atom stereocenters. The van der Waals surface area contributed by atoms with Gasteiger partial charge >= 0.3 is 0 Å². The summed E-state index contributed by atoms with van der Waals surface area (Å²) in [6.45, 7) is 1.89. The van der Waals surface area contributed by atoms with Gasteiger partial charge < -0.3 is 25.2 Å². The van der Waals surface area contributed by atoms with Gasteiger partial charge in [0.2, 0.25) is 0 Å². The zero-order valence-electron chi connectivity index (χ0n) is 17.2. The molecule has 0 bridgehead atoms. The third-order valence-electron chi connectivity index (χ3n) is 5.64. The smallest absolute Gasteiger partial charge is 0.109 e. The lowest BCUT2D eigenvalue weighted by Gasteiger charge is -2.43. The van der Waals surface area contributed by atoms with E-state index in [4.69, 9.17) is 4.74 Å². The molecular weight excluding hydrogens is 382 g/mol. The van der Waals surface area contributed by atoms with E-state index in [9.17, 15) is 20.4 Å². The molecule has 2 aromatic rings. The third kappa shape index (κ3) is 6.02. The molecule has 0 radical (unpaired) electrons. The predicted molar refractivity (Wildman–Crippen MR) is 114 cm³/mol. The van der Waals surface area contributed by atoms with E-state index in [1.165, 1.54) is 0 Å². The average molecular weight is 414 g/mol. The summed E-state index contributed by atoms with van der Waals surface area (Å²) in [7, 11) is 0. The second-order valence-corrected chi connectivity index (χ2v) is 7.83. The van der Waals surface area contributed by atoms with E-state index in [1.807, 2.05) is 29.2 Å². The second-order valence-electron chi connectivity index (χ2n) is 7.83. The number of likely N-dealkylation sites (tertiary alicyclic amines) is 1. The van der Waals surface area contributed by atoms with Crippen LogP contribution < -0.4 is 0 Å². The Morgan fingerprint density at radius 3 is 2.63 bits per heavy atom. The molecule has 4 N–H and O–H groups in total. The maximum absolute atomic E-state index is 10.0. The average Bonchev–Trinajstić information content (AvgIpc) is 2.78. The number of unbranched alkanes of at least 4 members (excludes halogenated alkanes) is 2. The number of aliphatic hydroxyl groups is 4. The molecule has 6 nitrogen and oxygen atoms in total. The first-order valence-corrected chi connectivity index (χ1v) is 10.5. The number of piperidine rings is 1. The van der Waals surface area contributed by atoms with Gasteiger partial charge in [0, 0.05) is 13.2 Å². The van der Waals surface area contributed by atoms with Gasteiger partial charge in [0.05, 0.1) is 25.4 Å². The van der Waals surface area contributed by atoms with Crippen molar-refractivity contribution < 1.29 is 25.2 Å². The number of aliphatic hydroxyl groups excluding tert-OH is 4. The molecule has 0 saturated carbocycles. The van der Waals surface area contributed by atoms with E-state index in [0.29, 0.717) is 19.8 Å². The summed E-state index contributed by atoms with van der Waals surface area (Å²) in [5.41, 5.74) is 3.37. The highest BCUT2D eigenvalue weighted by Crippen LogP contribution is 2.21. The van der Waals surface area contributed by atoms with E-state index in [-0.39, 0.29) is 13.2 Å². The van der Waals surface area contributed by atoms with Crippen molar-refractivity contribution in [3.8, 4) is 11.1 Å². The lowest BCUT2D eigenvalue weighted by atomic mass is 9.94. The van der Waals surface area contributed by atoms with Gasteiger partial charge in [-0.05, 0) is 66.8 Å². The predicted octanol–water partition coefficient (Wildman–Crippen LogP) is 1.40. The number of hydrogen-bond acceptors (Lipinski definition) is 6. The normalized spacial score (nSPS) is 24.5. The molecule has 1 heterocycles. The Hall–Kier alpha value is -1.98. The van der Waals surface area contributed by atoms with Crippen LogP contribution in [-0.4, -0.2) is 76.0 Å². The van der Waals surface area contributed by atoms with Crippen molar-refractivity contribution in [2.45, 2.75) is 50.2 Å². The molecule has 162 valence electrons. The van der Waals surface area contributed by atoms with Crippen LogP contribution in [0.15, 0.2) is 42.5 Å². The molecule has 2 aromatic carbocycles. The van der Waals surface area contributed by atoms with Crippen LogP contribution >= 0.6 is 0 Å². The van der Waals surface area contributed by atoms with Crippen LogP contribution in [0.2, 0.25) is 0 Å². The van der Waals surface area contributed by atoms with Crippen LogP contribution in [0, 0.1) is 12.1 Å². The number of β-amino-alcohol motifs (C(OH)–C–C–N with tert-alkyl or cyclic N) is 1. The first-order valence-electron chi connectivity index (χ1n) is 10.5. The van der Waals surface area contributed by atoms with E-state index in [0.717, 1.165) is 36.0 Å². The summed E-state index contributed by atoms with van der Waals surface area (Å²) < 4.78 is 5.81. The van der Waals surface area contributed by atoms with Crippen molar-refractivity contribution >= 4 is 0 Å². The Labute approximate surface area is 178 Å². The molecule has 1 fully saturated rings. The summed E-state index contributed by atoms with van der Waals surface area (Å²) in [6.07, 6.45) is -0.608. The standard InChI is InChI=1S/C24H31NO5/c26-16-21-23(28)24(29)22(27)15-25(21)12-5-2-6-13-30-17-18-8-7-11-20(14-18)19-9-3-1-4-10-19/h3,7-11,14,21-24,26-29H,2,5-6,12-13,15-17H2/t21-,22+,23-,24-/m1/s1. The fourth-order valence-electron chi connectivity index (χ4n) is 3.89.